The van der Waals surface area contributed by atoms with Crippen LogP contribution in [0.3, 0.4) is 0 Å². The molecule has 0 unspecified atom stereocenters. The fourth-order valence-electron chi connectivity index (χ4n) is 3.22. The number of halogens is 1. The summed E-state index contributed by atoms with van der Waals surface area (Å²) in [6.45, 7) is 15.8. The Bertz CT molecular complexity index is 283. The minimum absolute atomic E-state index is 0. The Balaban J connectivity index is -0.000000275. The van der Waals surface area contributed by atoms with E-state index in [4.69, 9.17) is 0 Å². The van der Waals surface area contributed by atoms with Crippen LogP contribution in [0.15, 0.2) is 0 Å². The molecule has 0 aliphatic heterocycles. The fourth-order valence-corrected chi connectivity index (χ4v) is 3.22. The predicted molar refractivity (Wildman–Crippen MR) is 131 cm³/mol. The number of unbranched alkanes of at least 4 members (excludes halogenated alkanes) is 14. The molecule has 0 aromatic heterocycles. The van der Waals surface area contributed by atoms with Crippen LogP contribution < -0.4 is 28.1 Å². The van der Waals surface area contributed by atoms with Crippen LogP contribution in [-0.2, 0) is 4.79 Å². The summed E-state index contributed by atoms with van der Waals surface area (Å²) in [5, 5.41) is 14.7. The number of carbonyl (C=O) groups excluding carboxylic acids is 1. The molecule has 0 rings (SSSR count). The van der Waals surface area contributed by atoms with E-state index < -0.39 is 5.97 Å². The first kappa shape index (κ1) is 38.0. The van der Waals surface area contributed by atoms with Gasteiger partial charge in [-0.1, -0.05) is 96.8 Å². The molecule has 5 heteroatoms. The minimum atomic E-state index is -0.903. The lowest BCUT2D eigenvalue weighted by Gasteiger charge is -2.04. The molecule has 0 aromatic rings. The van der Waals surface area contributed by atoms with Crippen LogP contribution in [0.25, 0.3) is 0 Å². The lowest BCUT2D eigenvalue weighted by atomic mass is 10.0. The van der Waals surface area contributed by atoms with E-state index in [0.29, 0.717) is 0 Å². The Kier molecular flexibility index (Phi) is 49.1. The number of nitrogens with two attached hydrogens (primary N) is 2. The van der Waals surface area contributed by atoms with E-state index in [1.807, 2.05) is 0 Å². The van der Waals surface area contributed by atoms with Crippen LogP contribution in [0.5, 0.6) is 0 Å². The van der Waals surface area contributed by atoms with Crippen molar-refractivity contribution in [2.75, 3.05) is 26.2 Å². The molecule has 0 aliphatic carbocycles. The fraction of sp³-hybridized carbons (Fsp3) is 0.962. The normalized spacial score (nSPS) is 9.71. The third kappa shape index (κ3) is 53.2. The predicted octanol–water partition coefficient (Wildman–Crippen LogP) is 1.18. The van der Waals surface area contributed by atoms with Crippen molar-refractivity contribution >= 4 is 5.97 Å². The smallest absolute Gasteiger partial charge is 0.0726 e. The highest BCUT2D eigenvalue weighted by molar-refractivity contribution is 5.63. The third-order valence-corrected chi connectivity index (χ3v) is 5.14. The molecule has 0 amide bonds. The first-order valence-corrected chi connectivity index (χ1v) is 13.4. The maximum Gasteiger partial charge on any atom is 0.0726 e. The summed E-state index contributed by atoms with van der Waals surface area (Å²) in [5.41, 5.74) is 0. The summed E-state index contributed by atoms with van der Waals surface area (Å²) >= 11 is 0. The molecule has 0 aromatic carbocycles. The first-order chi connectivity index (χ1) is 14.6. The zero-order valence-electron chi connectivity index (χ0n) is 22.0. The Morgan fingerprint density at radius 3 is 0.968 bits per heavy atom. The Morgan fingerprint density at radius 1 is 0.516 bits per heavy atom. The van der Waals surface area contributed by atoms with Crippen molar-refractivity contribution in [3.63, 3.8) is 0 Å². The van der Waals surface area contributed by atoms with E-state index in [2.05, 4.69) is 45.3 Å². The second-order valence-corrected chi connectivity index (χ2v) is 8.28. The number of hydrogen-bond donors (Lipinski definition) is 2. The quantitative estimate of drug-likeness (QED) is 0.264. The molecule has 0 saturated carbocycles. The number of aliphatic carboxylic acids is 1. The molecule has 0 saturated heterocycles. The van der Waals surface area contributed by atoms with Gasteiger partial charge >= 0.3 is 0 Å². The Morgan fingerprint density at radius 2 is 0.774 bits per heavy atom. The van der Waals surface area contributed by atoms with Crippen molar-refractivity contribution in [3.8, 4) is 0 Å². The van der Waals surface area contributed by atoms with Gasteiger partial charge in [-0.3, -0.25) is 0 Å². The SMILES string of the molecule is CCCCCCCCCCCCCCCCCC(=O)[O-].CC[NH2+]CC.CC[NH2+]CC.[Cl-]. The van der Waals surface area contributed by atoms with Crippen LogP contribution >= 0.6 is 0 Å². The van der Waals surface area contributed by atoms with Crippen LogP contribution in [0.1, 0.15) is 137 Å². The molecular weight excluding hydrogens is 408 g/mol. The van der Waals surface area contributed by atoms with Crippen LogP contribution in [0.2, 0.25) is 0 Å². The van der Waals surface area contributed by atoms with Gasteiger partial charge in [0.2, 0.25) is 0 Å². The van der Waals surface area contributed by atoms with Crippen molar-refractivity contribution in [2.24, 2.45) is 0 Å². The van der Waals surface area contributed by atoms with Gasteiger partial charge in [-0.25, -0.2) is 0 Å². The van der Waals surface area contributed by atoms with Gasteiger partial charge in [0.05, 0.1) is 26.2 Å². The molecule has 0 aliphatic rings. The van der Waals surface area contributed by atoms with Crippen molar-refractivity contribution < 1.29 is 32.9 Å². The molecule has 4 nitrogen and oxygen atoms in total. The second-order valence-electron chi connectivity index (χ2n) is 8.28. The summed E-state index contributed by atoms with van der Waals surface area (Å²) in [4.78, 5) is 10.2. The number of carbonyl (C=O) groups is 1. The van der Waals surface area contributed by atoms with Gasteiger partial charge in [-0.05, 0) is 40.5 Å². The van der Waals surface area contributed by atoms with E-state index in [1.54, 1.807) is 0 Å². The van der Waals surface area contributed by atoms with E-state index in [0.717, 1.165) is 12.8 Å². The molecule has 192 valence electrons. The summed E-state index contributed by atoms with van der Waals surface area (Å²) in [6.07, 6.45) is 19.9. The Hall–Kier alpha value is -0.320. The lowest BCUT2D eigenvalue weighted by Crippen LogP contribution is -3.00. The van der Waals surface area contributed by atoms with E-state index in [9.17, 15) is 9.90 Å². The molecule has 31 heavy (non-hydrogen) atoms. The highest BCUT2D eigenvalue weighted by Crippen LogP contribution is 2.13. The molecule has 0 bridgehead atoms. The average Bonchev–Trinajstić information content (AvgIpc) is 2.73. The summed E-state index contributed by atoms with van der Waals surface area (Å²) in [6, 6.07) is 0. The highest BCUT2D eigenvalue weighted by Gasteiger charge is 1.94. The van der Waals surface area contributed by atoms with E-state index in [1.165, 1.54) is 110 Å². The van der Waals surface area contributed by atoms with Crippen molar-refractivity contribution in [2.45, 2.75) is 137 Å². The van der Waals surface area contributed by atoms with Crippen molar-refractivity contribution in [1.82, 2.24) is 0 Å². The molecule has 0 fully saturated rings. The largest absolute Gasteiger partial charge is 1.00 e. The topological polar surface area (TPSA) is 73.3 Å². The van der Waals surface area contributed by atoms with Crippen molar-refractivity contribution in [1.29, 1.82) is 0 Å². The average molecular weight is 467 g/mol. The van der Waals surface area contributed by atoms with Crippen LogP contribution in [0.4, 0.5) is 0 Å². The third-order valence-electron chi connectivity index (χ3n) is 5.14. The van der Waals surface area contributed by atoms with Gasteiger partial charge in [0, 0.05) is 5.97 Å². The van der Waals surface area contributed by atoms with Gasteiger partial charge in [0.15, 0.2) is 0 Å². The van der Waals surface area contributed by atoms with Gasteiger partial charge in [-0.15, -0.1) is 0 Å². The second kappa shape index (κ2) is 40.1. The number of rotatable bonds is 20. The van der Waals surface area contributed by atoms with Gasteiger partial charge < -0.3 is 32.9 Å². The summed E-state index contributed by atoms with van der Waals surface area (Å²) < 4.78 is 0. The minimum Gasteiger partial charge on any atom is -1.00 e. The van der Waals surface area contributed by atoms with Gasteiger partial charge in [0.1, 0.15) is 0 Å². The molecule has 0 heterocycles. The monoisotopic (exact) mass is 466 g/mol. The van der Waals surface area contributed by atoms with E-state index >= 15 is 0 Å². The standard InChI is InChI=1S/C18H36O2.2C4H11N.ClH/c1-2-3-4-5-6-7-8-9-10-11-12-13-14-15-16-17-18(19)20;2*1-3-5-4-2;/h2-17H2,1H3,(H,19,20);2*5H,3-4H2,1-2H3;1H. The number of carboxylic acids is 1. The molecule has 4 N–H and O–H groups in total. The number of carboxylic acid groups (broad SMARTS) is 1. The van der Waals surface area contributed by atoms with Crippen LogP contribution in [0, 0.1) is 0 Å². The molecule has 0 spiro atoms. The number of quaternary nitrogens is 2. The van der Waals surface area contributed by atoms with Gasteiger partial charge in [0.25, 0.3) is 0 Å². The maximum atomic E-state index is 10.2. The zero-order valence-corrected chi connectivity index (χ0v) is 22.7. The summed E-state index contributed by atoms with van der Waals surface area (Å²) in [7, 11) is 0. The summed E-state index contributed by atoms with van der Waals surface area (Å²) in [5.74, 6) is -0.903. The molecular formula is C26H59ClN2O2. The Labute approximate surface area is 202 Å². The zero-order chi connectivity index (χ0) is 23.1. The van der Waals surface area contributed by atoms with Crippen LogP contribution in [-0.4, -0.2) is 32.1 Å². The lowest BCUT2D eigenvalue weighted by molar-refractivity contribution is -0.648. The van der Waals surface area contributed by atoms with Crippen molar-refractivity contribution in [3.05, 3.63) is 0 Å². The van der Waals surface area contributed by atoms with E-state index in [-0.39, 0.29) is 18.8 Å². The highest BCUT2D eigenvalue weighted by atomic mass is 35.5. The van der Waals surface area contributed by atoms with Gasteiger partial charge in [-0.2, -0.15) is 0 Å². The molecule has 0 radical (unpaired) electrons. The first-order valence-electron chi connectivity index (χ1n) is 13.4. The maximum absolute atomic E-state index is 10.2. The molecule has 0 atom stereocenters. The number of hydrogen-bond acceptors (Lipinski definition) is 2.